The van der Waals surface area contributed by atoms with Gasteiger partial charge in [-0.3, -0.25) is 14.6 Å². The summed E-state index contributed by atoms with van der Waals surface area (Å²) in [5, 5.41) is 2.45. The van der Waals surface area contributed by atoms with Crippen molar-refractivity contribution in [2.75, 3.05) is 45.9 Å². The average molecular weight is 614 g/mol. The molecule has 2 aliphatic heterocycles. The van der Waals surface area contributed by atoms with E-state index < -0.39 is 16.1 Å². The first-order valence-corrected chi connectivity index (χ1v) is 15.9. The SMILES string of the molecule is Cc1cc2nc(C(=O)N3CCN(S(=O)(=O)c4ccc5cc(Cl)ccc5c4)CC3CC(=O)N3CCOCC3)sc2cn1. The van der Waals surface area contributed by atoms with Gasteiger partial charge in [0.25, 0.3) is 5.91 Å². The maximum Gasteiger partial charge on any atom is 0.283 e. The predicted molar refractivity (Wildman–Crippen MR) is 157 cm³/mol. The summed E-state index contributed by atoms with van der Waals surface area (Å²) in [4.78, 5) is 39.3. The van der Waals surface area contributed by atoms with Gasteiger partial charge in [-0.05, 0) is 48.0 Å². The highest BCUT2D eigenvalue weighted by Gasteiger charge is 2.39. The summed E-state index contributed by atoms with van der Waals surface area (Å²) in [7, 11) is -3.90. The molecule has 4 heterocycles. The van der Waals surface area contributed by atoms with Crippen molar-refractivity contribution >= 4 is 65.8 Å². The molecule has 0 saturated carbocycles. The number of nitrogens with zero attached hydrogens (tertiary/aromatic N) is 5. The van der Waals surface area contributed by atoms with Gasteiger partial charge in [0.05, 0.1) is 34.4 Å². The number of carbonyl (C=O) groups excluding carboxylic acids is 2. The van der Waals surface area contributed by atoms with E-state index >= 15 is 0 Å². The van der Waals surface area contributed by atoms with E-state index in [1.165, 1.54) is 15.6 Å². The minimum atomic E-state index is -3.90. The van der Waals surface area contributed by atoms with Crippen LogP contribution in [-0.4, -0.2) is 96.3 Å². The van der Waals surface area contributed by atoms with Crippen molar-refractivity contribution in [2.45, 2.75) is 24.3 Å². The molecular weight excluding hydrogens is 586 g/mol. The van der Waals surface area contributed by atoms with E-state index in [2.05, 4.69) is 9.97 Å². The van der Waals surface area contributed by atoms with Gasteiger partial charge in [-0.15, -0.1) is 11.3 Å². The molecule has 2 aliphatic rings. The number of amides is 2. The quantitative estimate of drug-likeness (QED) is 0.338. The highest BCUT2D eigenvalue weighted by molar-refractivity contribution is 7.89. The summed E-state index contributed by atoms with van der Waals surface area (Å²) in [5.41, 5.74) is 1.48. The topological polar surface area (TPSA) is 113 Å². The van der Waals surface area contributed by atoms with Crippen molar-refractivity contribution in [3.63, 3.8) is 0 Å². The Kier molecular flexibility index (Phi) is 7.68. The largest absolute Gasteiger partial charge is 0.378 e. The molecule has 2 amide bonds. The molecule has 4 aromatic rings. The number of hydrogen-bond acceptors (Lipinski definition) is 8. The van der Waals surface area contributed by atoms with Crippen molar-refractivity contribution in [3.05, 3.63) is 64.4 Å². The molecule has 41 heavy (non-hydrogen) atoms. The molecule has 0 radical (unpaired) electrons. The Bertz CT molecular complexity index is 1760. The minimum Gasteiger partial charge on any atom is -0.378 e. The van der Waals surface area contributed by atoms with Gasteiger partial charge in [-0.2, -0.15) is 4.31 Å². The molecule has 214 valence electrons. The fraction of sp³-hybridized carbons (Fsp3) is 0.357. The van der Waals surface area contributed by atoms with Crippen LogP contribution in [0, 0.1) is 6.92 Å². The molecule has 10 nitrogen and oxygen atoms in total. The zero-order valence-corrected chi connectivity index (χ0v) is 24.7. The number of carbonyl (C=O) groups is 2. The highest BCUT2D eigenvalue weighted by Crippen LogP contribution is 2.29. The third-order valence-electron chi connectivity index (χ3n) is 7.49. The first-order chi connectivity index (χ1) is 19.7. The molecule has 2 aromatic heterocycles. The van der Waals surface area contributed by atoms with Gasteiger partial charge in [0.15, 0.2) is 5.01 Å². The molecule has 0 aliphatic carbocycles. The van der Waals surface area contributed by atoms with E-state index in [0.29, 0.717) is 41.9 Å². The third-order valence-corrected chi connectivity index (χ3v) is 10.6. The van der Waals surface area contributed by atoms with E-state index in [1.54, 1.807) is 52.4 Å². The van der Waals surface area contributed by atoms with Gasteiger partial charge < -0.3 is 14.5 Å². The van der Waals surface area contributed by atoms with E-state index in [-0.39, 0.29) is 42.8 Å². The molecule has 13 heteroatoms. The smallest absolute Gasteiger partial charge is 0.283 e. The first kappa shape index (κ1) is 28.0. The molecule has 2 fully saturated rings. The third kappa shape index (κ3) is 5.67. The summed E-state index contributed by atoms with van der Waals surface area (Å²) < 4.78 is 35.1. The lowest BCUT2D eigenvalue weighted by Gasteiger charge is -2.41. The fourth-order valence-electron chi connectivity index (χ4n) is 5.28. The van der Waals surface area contributed by atoms with Crippen LogP contribution in [0.3, 0.4) is 0 Å². The Morgan fingerprint density at radius 2 is 1.80 bits per heavy atom. The zero-order valence-electron chi connectivity index (χ0n) is 22.3. The molecule has 0 spiro atoms. The van der Waals surface area contributed by atoms with Crippen LogP contribution in [-0.2, 0) is 19.6 Å². The van der Waals surface area contributed by atoms with Crippen LogP contribution in [0.15, 0.2) is 53.6 Å². The number of morpholine rings is 1. The number of hydrogen-bond donors (Lipinski definition) is 0. The fourth-order valence-corrected chi connectivity index (χ4v) is 7.84. The summed E-state index contributed by atoms with van der Waals surface area (Å²) in [6.45, 7) is 3.92. The van der Waals surface area contributed by atoms with Crippen LogP contribution in [0.4, 0.5) is 0 Å². The van der Waals surface area contributed by atoms with Crippen LogP contribution in [0.5, 0.6) is 0 Å². The lowest BCUT2D eigenvalue weighted by atomic mass is 10.1. The Hall–Kier alpha value is -3.16. The number of thiazole rings is 1. The molecule has 6 rings (SSSR count). The number of ether oxygens (including phenoxy) is 1. The predicted octanol–water partition coefficient (Wildman–Crippen LogP) is 3.57. The maximum atomic E-state index is 13.8. The number of aromatic nitrogens is 2. The van der Waals surface area contributed by atoms with Crippen molar-refractivity contribution in [1.29, 1.82) is 0 Å². The average Bonchev–Trinajstić information content (AvgIpc) is 3.40. The number of pyridine rings is 1. The Balaban J connectivity index is 1.29. The van der Waals surface area contributed by atoms with Gasteiger partial charge in [0.1, 0.15) is 0 Å². The lowest BCUT2D eigenvalue weighted by Crippen LogP contribution is -2.58. The minimum absolute atomic E-state index is 0.000458. The molecule has 2 aromatic carbocycles. The second-order valence-corrected chi connectivity index (χ2v) is 13.6. The van der Waals surface area contributed by atoms with E-state index in [9.17, 15) is 18.0 Å². The monoisotopic (exact) mass is 613 g/mol. The summed E-state index contributed by atoms with van der Waals surface area (Å²) in [6, 6.07) is 11.4. The number of aryl methyl sites for hydroxylation is 1. The van der Waals surface area contributed by atoms with Gasteiger partial charge in [-0.1, -0.05) is 23.7 Å². The number of benzene rings is 2. The van der Waals surface area contributed by atoms with E-state index in [1.807, 2.05) is 13.0 Å². The second-order valence-electron chi connectivity index (χ2n) is 10.2. The zero-order chi connectivity index (χ0) is 28.7. The highest BCUT2D eigenvalue weighted by atomic mass is 35.5. The van der Waals surface area contributed by atoms with Crippen LogP contribution < -0.4 is 0 Å². The number of piperazine rings is 1. The molecular formula is C28H28ClN5O5S2. The Morgan fingerprint density at radius 3 is 2.61 bits per heavy atom. The van der Waals surface area contributed by atoms with Crippen molar-refractivity contribution in [3.8, 4) is 0 Å². The normalized spacial score (nSPS) is 18.7. The number of fused-ring (bicyclic) bond motifs is 2. The lowest BCUT2D eigenvalue weighted by molar-refractivity contribution is -0.136. The van der Waals surface area contributed by atoms with Crippen LogP contribution in [0.25, 0.3) is 21.0 Å². The van der Waals surface area contributed by atoms with Crippen LogP contribution >= 0.6 is 22.9 Å². The van der Waals surface area contributed by atoms with E-state index in [0.717, 1.165) is 21.2 Å². The second kappa shape index (κ2) is 11.3. The first-order valence-electron chi connectivity index (χ1n) is 13.3. The summed E-state index contributed by atoms with van der Waals surface area (Å²) >= 11 is 7.34. The molecule has 0 N–H and O–H groups in total. The number of halogens is 1. The van der Waals surface area contributed by atoms with Crippen LogP contribution in [0.1, 0.15) is 21.9 Å². The maximum absolute atomic E-state index is 13.8. The molecule has 1 atom stereocenters. The standard InChI is InChI=1S/C28H28ClN5O5S2/c1-18-12-24-25(16-30-18)40-27(31-24)28(36)34-7-6-33(17-22(34)15-26(35)32-8-10-39-11-9-32)41(37,38)23-5-3-19-13-21(29)4-2-20(19)14-23/h2-5,12-14,16,22H,6-11,15,17H2,1H3. The molecule has 0 bridgehead atoms. The van der Waals surface area contributed by atoms with Gasteiger partial charge in [-0.25, -0.2) is 13.4 Å². The van der Waals surface area contributed by atoms with E-state index in [4.69, 9.17) is 16.3 Å². The van der Waals surface area contributed by atoms with Gasteiger partial charge >= 0.3 is 0 Å². The van der Waals surface area contributed by atoms with Gasteiger partial charge in [0.2, 0.25) is 15.9 Å². The number of rotatable bonds is 5. The Morgan fingerprint density at radius 1 is 1.05 bits per heavy atom. The van der Waals surface area contributed by atoms with Crippen LogP contribution in [0.2, 0.25) is 5.02 Å². The molecule has 2 saturated heterocycles. The van der Waals surface area contributed by atoms with Gasteiger partial charge in [0, 0.05) is 56.1 Å². The van der Waals surface area contributed by atoms with Crippen molar-refractivity contribution < 1.29 is 22.7 Å². The van der Waals surface area contributed by atoms with Crippen molar-refractivity contribution in [2.24, 2.45) is 0 Å². The summed E-state index contributed by atoms with van der Waals surface area (Å²) in [5.74, 6) is -0.453. The summed E-state index contributed by atoms with van der Waals surface area (Å²) in [6.07, 6.45) is 1.69. The Labute approximate surface area is 246 Å². The molecule has 1 unspecified atom stereocenters. The number of sulfonamides is 1. The van der Waals surface area contributed by atoms with Crippen molar-refractivity contribution in [1.82, 2.24) is 24.1 Å².